The number of aromatic nitrogens is 1. The molecule has 0 aromatic carbocycles. The molecule has 0 bridgehead atoms. The van der Waals surface area contributed by atoms with E-state index < -0.39 is 10.0 Å². The van der Waals surface area contributed by atoms with Crippen molar-refractivity contribution in [2.45, 2.75) is 24.1 Å². The van der Waals surface area contributed by atoms with Crippen molar-refractivity contribution in [3.05, 3.63) is 27.6 Å². The van der Waals surface area contributed by atoms with Crippen LogP contribution in [-0.2, 0) is 23.0 Å². The largest absolute Gasteiger partial charge is 0.375 e. The highest BCUT2D eigenvalue weighted by Gasteiger charge is 2.31. The van der Waals surface area contributed by atoms with Gasteiger partial charge in [0.05, 0.1) is 5.69 Å². The Morgan fingerprint density at radius 1 is 1.47 bits per heavy atom. The van der Waals surface area contributed by atoms with Crippen LogP contribution in [0, 0.1) is 6.92 Å². The van der Waals surface area contributed by atoms with Gasteiger partial charge in [-0.15, -0.1) is 11.3 Å². The summed E-state index contributed by atoms with van der Waals surface area (Å²) in [6.45, 7) is 2.64. The molecular weight excluding hydrogens is 302 g/mol. The fourth-order valence-corrected chi connectivity index (χ4v) is 5.93. The highest BCUT2D eigenvalue weighted by atomic mass is 32.2. The van der Waals surface area contributed by atoms with Crippen molar-refractivity contribution in [2.75, 3.05) is 12.3 Å². The Labute approximate surface area is 119 Å². The van der Waals surface area contributed by atoms with Gasteiger partial charge in [-0.1, -0.05) is 11.3 Å². The van der Waals surface area contributed by atoms with E-state index in [0.29, 0.717) is 23.9 Å². The van der Waals surface area contributed by atoms with Gasteiger partial charge in [-0.05, 0) is 30.4 Å². The summed E-state index contributed by atoms with van der Waals surface area (Å²) >= 11 is 2.73. The van der Waals surface area contributed by atoms with Crippen LogP contribution in [0.1, 0.15) is 16.1 Å². The summed E-state index contributed by atoms with van der Waals surface area (Å²) in [6, 6.07) is 2.00. The molecule has 2 N–H and O–H groups in total. The van der Waals surface area contributed by atoms with Gasteiger partial charge in [0.2, 0.25) is 0 Å². The summed E-state index contributed by atoms with van der Waals surface area (Å²) in [7, 11) is -3.48. The lowest BCUT2D eigenvalue weighted by Crippen LogP contribution is -2.35. The molecule has 3 heterocycles. The molecule has 0 saturated carbocycles. The summed E-state index contributed by atoms with van der Waals surface area (Å²) in [5.74, 6) is 0. The molecule has 8 heteroatoms. The van der Waals surface area contributed by atoms with Gasteiger partial charge in [0.25, 0.3) is 10.0 Å². The molecule has 0 unspecified atom stereocenters. The maximum Gasteiger partial charge on any atom is 0.254 e. The third-order valence-corrected chi connectivity index (χ3v) is 7.56. The molecule has 0 aliphatic carbocycles. The third-order valence-electron chi connectivity index (χ3n) is 3.12. The first-order valence-electron chi connectivity index (χ1n) is 5.77. The van der Waals surface area contributed by atoms with Gasteiger partial charge >= 0.3 is 0 Å². The minimum Gasteiger partial charge on any atom is -0.375 e. The second-order valence-electron chi connectivity index (χ2n) is 4.38. The summed E-state index contributed by atoms with van der Waals surface area (Å²) in [6.07, 6.45) is 0.777. The van der Waals surface area contributed by atoms with Gasteiger partial charge in [0.15, 0.2) is 9.34 Å². The average Bonchev–Trinajstić information content (AvgIpc) is 2.94. The van der Waals surface area contributed by atoms with E-state index in [2.05, 4.69) is 4.98 Å². The van der Waals surface area contributed by atoms with Crippen molar-refractivity contribution in [2.24, 2.45) is 0 Å². The topological polar surface area (TPSA) is 76.3 Å². The SMILES string of the molecule is Cc1nc(N)sc1S(=O)(=O)N1CCc2sccc2C1. The highest BCUT2D eigenvalue weighted by molar-refractivity contribution is 7.91. The number of thiazole rings is 1. The lowest BCUT2D eigenvalue weighted by Gasteiger charge is -2.25. The number of thiophene rings is 1. The van der Waals surface area contributed by atoms with E-state index in [1.54, 1.807) is 18.3 Å². The molecule has 2 aromatic rings. The number of nitrogen functional groups attached to an aromatic ring is 1. The van der Waals surface area contributed by atoms with Gasteiger partial charge in [0, 0.05) is 18.0 Å². The van der Waals surface area contributed by atoms with Crippen LogP contribution in [0.5, 0.6) is 0 Å². The Balaban J connectivity index is 1.96. The molecule has 0 fully saturated rings. The highest BCUT2D eigenvalue weighted by Crippen LogP contribution is 2.32. The van der Waals surface area contributed by atoms with E-state index in [-0.39, 0.29) is 4.21 Å². The third kappa shape index (κ3) is 2.18. The molecule has 1 aliphatic rings. The predicted molar refractivity (Wildman–Crippen MR) is 76.9 cm³/mol. The smallest absolute Gasteiger partial charge is 0.254 e. The second-order valence-corrected chi connectivity index (χ2v) is 8.55. The lowest BCUT2D eigenvalue weighted by atomic mass is 10.1. The van der Waals surface area contributed by atoms with Crippen LogP contribution in [0.2, 0.25) is 0 Å². The number of hydrogen-bond acceptors (Lipinski definition) is 6. The van der Waals surface area contributed by atoms with Crippen LogP contribution in [0.4, 0.5) is 5.13 Å². The maximum absolute atomic E-state index is 12.6. The van der Waals surface area contributed by atoms with Crippen LogP contribution in [-0.4, -0.2) is 24.3 Å². The van der Waals surface area contributed by atoms with Crippen molar-refractivity contribution >= 4 is 37.8 Å². The molecule has 0 saturated heterocycles. The lowest BCUT2D eigenvalue weighted by molar-refractivity contribution is 0.395. The van der Waals surface area contributed by atoms with Crippen molar-refractivity contribution in [3.63, 3.8) is 0 Å². The molecule has 0 spiro atoms. The summed E-state index contributed by atoms with van der Waals surface area (Å²) in [4.78, 5) is 5.28. The van der Waals surface area contributed by atoms with Crippen molar-refractivity contribution in [1.82, 2.24) is 9.29 Å². The van der Waals surface area contributed by atoms with Crippen LogP contribution < -0.4 is 5.73 Å². The minimum absolute atomic E-state index is 0.267. The Morgan fingerprint density at radius 2 is 2.26 bits per heavy atom. The Hall–Kier alpha value is -0.960. The summed E-state index contributed by atoms with van der Waals surface area (Å²) < 4.78 is 27.0. The van der Waals surface area contributed by atoms with Gasteiger partial charge < -0.3 is 5.73 Å². The fraction of sp³-hybridized carbons (Fsp3) is 0.364. The maximum atomic E-state index is 12.6. The number of fused-ring (bicyclic) bond motifs is 1. The first-order valence-corrected chi connectivity index (χ1v) is 8.90. The van der Waals surface area contributed by atoms with E-state index >= 15 is 0 Å². The number of sulfonamides is 1. The van der Waals surface area contributed by atoms with E-state index in [0.717, 1.165) is 23.3 Å². The molecule has 0 radical (unpaired) electrons. The fourth-order valence-electron chi connectivity index (χ4n) is 2.19. The molecule has 2 aromatic heterocycles. The molecule has 0 atom stereocenters. The molecular formula is C11H13N3O2S3. The molecule has 102 valence electrons. The normalized spacial score (nSPS) is 16.5. The van der Waals surface area contributed by atoms with E-state index in [9.17, 15) is 8.42 Å². The molecule has 1 aliphatic heterocycles. The number of rotatable bonds is 2. The van der Waals surface area contributed by atoms with Gasteiger partial charge in [-0.2, -0.15) is 4.31 Å². The number of hydrogen-bond donors (Lipinski definition) is 1. The quantitative estimate of drug-likeness (QED) is 0.917. The average molecular weight is 315 g/mol. The standard InChI is InChI=1S/C11H13N3O2S3/c1-7-10(18-11(12)13-7)19(15,16)14-4-2-9-8(6-14)3-5-17-9/h3,5H,2,4,6H2,1H3,(H2,12,13). The monoisotopic (exact) mass is 315 g/mol. The van der Waals surface area contributed by atoms with E-state index in [4.69, 9.17) is 5.73 Å². The first kappa shape index (κ1) is 13.0. The summed E-state index contributed by atoms with van der Waals surface area (Å²) in [5, 5.41) is 2.31. The molecule has 5 nitrogen and oxygen atoms in total. The Kier molecular flexibility index (Phi) is 3.12. The van der Waals surface area contributed by atoms with Crippen LogP contribution in [0.3, 0.4) is 0 Å². The zero-order chi connectivity index (χ0) is 13.6. The number of nitrogens with zero attached hydrogens (tertiary/aromatic N) is 2. The minimum atomic E-state index is -3.48. The predicted octanol–water partition coefficient (Wildman–Crippen LogP) is 1.84. The van der Waals surface area contributed by atoms with Gasteiger partial charge in [0.1, 0.15) is 0 Å². The Morgan fingerprint density at radius 3 is 2.95 bits per heavy atom. The van der Waals surface area contributed by atoms with Gasteiger partial charge in [-0.25, -0.2) is 13.4 Å². The molecule has 19 heavy (non-hydrogen) atoms. The molecule has 3 rings (SSSR count). The van der Waals surface area contributed by atoms with Crippen LogP contribution in [0.25, 0.3) is 0 Å². The van der Waals surface area contributed by atoms with E-state index in [1.807, 2.05) is 11.4 Å². The van der Waals surface area contributed by atoms with Crippen LogP contribution >= 0.6 is 22.7 Å². The van der Waals surface area contributed by atoms with Crippen molar-refractivity contribution < 1.29 is 8.42 Å². The summed E-state index contributed by atoms with van der Waals surface area (Å²) in [5.41, 5.74) is 7.18. The number of nitrogens with two attached hydrogens (primary N) is 1. The second kappa shape index (κ2) is 4.55. The van der Waals surface area contributed by atoms with Crippen molar-refractivity contribution in [1.29, 1.82) is 0 Å². The number of anilines is 1. The van der Waals surface area contributed by atoms with Crippen molar-refractivity contribution in [3.8, 4) is 0 Å². The zero-order valence-electron chi connectivity index (χ0n) is 10.3. The number of aryl methyl sites for hydroxylation is 1. The van der Waals surface area contributed by atoms with Crippen LogP contribution in [0.15, 0.2) is 15.7 Å². The molecule has 0 amide bonds. The zero-order valence-corrected chi connectivity index (χ0v) is 12.7. The van der Waals surface area contributed by atoms with E-state index in [1.165, 1.54) is 9.18 Å². The van der Waals surface area contributed by atoms with Gasteiger partial charge in [-0.3, -0.25) is 0 Å². The Bertz CT molecular complexity index is 717. The first-order chi connectivity index (χ1) is 8.98.